The third kappa shape index (κ3) is 15.4. The maximum Gasteiger partial charge on any atom is 0.293 e. The van der Waals surface area contributed by atoms with Crippen LogP contribution in [0.25, 0.3) is 0 Å². The van der Waals surface area contributed by atoms with Crippen LogP contribution in [0.3, 0.4) is 0 Å². The Balaban J connectivity index is 2.88. The molecule has 2 N–H and O–H groups in total. The fourth-order valence-electron chi connectivity index (χ4n) is 2.15. The molecule has 3 nitrogen and oxygen atoms in total. The Bertz CT molecular complexity index is 163. The molecule has 0 aliphatic rings. The highest BCUT2D eigenvalue weighted by molar-refractivity contribution is 5.36. The summed E-state index contributed by atoms with van der Waals surface area (Å²) in [5.74, 6) is 0. The van der Waals surface area contributed by atoms with Gasteiger partial charge in [-0.3, -0.25) is 4.79 Å². The maximum atomic E-state index is 9.89. The van der Waals surface area contributed by atoms with Crippen LogP contribution in [0.5, 0.6) is 0 Å². The van der Waals surface area contributed by atoms with Crippen LogP contribution in [0.2, 0.25) is 0 Å². The number of carbonyl (C=O) groups excluding carboxylic acids is 1. The van der Waals surface area contributed by atoms with Gasteiger partial charge in [0.15, 0.2) is 0 Å². The quantitative estimate of drug-likeness (QED) is 0.358. The number of unbranched alkanes of at least 4 members (excludes halogenated alkanes) is 11. The van der Waals surface area contributed by atoms with Crippen LogP contribution in [0.15, 0.2) is 0 Å². The van der Waals surface area contributed by atoms with E-state index in [0.29, 0.717) is 13.1 Å². The van der Waals surface area contributed by atoms with E-state index in [2.05, 4.69) is 4.74 Å². The minimum atomic E-state index is 0.535. The number of carbonyl (C=O) groups is 1. The van der Waals surface area contributed by atoms with Gasteiger partial charge in [-0.1, -0.05) is 64.2 Å². The van der Waals surface area contributed by atoms with Crippen molar-refractivity contribution in [2.24, 2.45) is 5.73 Å². The van der Waals surface area contributed by atoms with Gasteiger partial charge in [-0.2, -0.15) is 0 Å². The maximum absolute atomic E-state index is 9.89. The molecule has 108 valence electrons. The van der Waals surface area contributed by atoms with Gasteiger partial charge in [-0.05, 0) is 19.4 Å². The van der Waals surface area contributed by atoms with Crippen molar-refractivity contribution >= 4 is 6.47 Å². The lowest BCUT2D eigenvalue weighted by molar-refractivity contribution is -0.128. The fraction of sp³-hybridized carbons (Fsp3) is 0.933. The molecule has 0 aliphatic carbocycles. The van der Waals surface area contributed by atoms with Crippen molar-refractivity contribution < 1.29 is 9.53 Å². The smallest absolute Gasteiger partial charge is 0.293 e. The van der Waals surface area contributed by atoms with Gasteiger partial charge < -0.3 is 10.5 Å². The van der Waals surface area contributed by atoms with Crippen LogP contribution in [0.4, 0.5) is 0 Å². The van der Waals surface area contributed by atoms with E-state index < -0.39 is 0 Å². The molecule has 0 spiro atoms. The molecule has 0 unspecified atom stereocenters. The lowest BCUT2D eigenvalue weighted by Gasteiger charge is -2.02. The van der Waals surface area contributed by atoms with Crippen molar-refractivity contribution in [3.8, 4) is 0 Å². The van der Waals surface area contributed by atoms with Gasteiger partial charge in [0.25, 0.3) is 6.47 Å². The summed E-state index contributed by atoms with van der Waals surface area (Å²) in [7, 11) is 0. The molecule has 0 radical (unpaired) electrons. The Hall–Kier alpha value is -0.570. The van der Waals surface area contributed by atoms with Crippen molar-refractivity contribution in [2.45, 2.75) is 77.0 Å². The number of nitrogens with two attached hydrogens (primary N) is 1. The summed E-state index contributed by atoms with van der Waals surface area (Å²) >= 11 is 0. The third-order valence-corrected chi connectivity index (χ3v) is 3.28. The summed E-state index contributed by atoms with van der Waals surface area (Å²) in [4.78, 5) is 9.89. The molecule has 18 heavy (non-hydrogen) atoms. The third-order valence-electron chi connectivity index (χ3n) is 3.28. The largest absolute Gasteiger partial charge is 0.468 e. The first-order valence-corrected chi connectivity index (χ1v) is 7.67. The topological polar surface area (TPSA) is 52.3 Å². The zero-order valence-corrected chi connectivity index (χ0v) is 11.9. The molecular formula is C15H31NO2. The van der Waals surface area contributed by atoms with E-state index in [-0.39, 0.29) is 0 Å². The molecule has 0 bridgehead atoms. The van der Waals surface area contributed by atoms with Crippen molar-refractivity contribution in [3.63, 3.8) is 0 Å². The standard InChI is InChI=1S/C15H31NO2/c16-13-11-9-7-5-3-1-2-4-6-8-10-12-14-18-15-17/h15H,1-14,16H2. The van der Waals surface area contributed by atoms with E-state index in [1.807, 2.05) is 0 Å². The highest BCUT2D eigenvalue weighted by Crippen LogP contribution is 2.11. The van der Waals surface area contributed by atoms with Gasteiger partial charge in [-0.25, -0.2) is 0 Å². The molecule has 3 heteroatoms. The average Bonchev–Trinajstić information content (AvgIpc) is 2.39. The van der Waals surface area contributed by atoms with Crippen LogP contribution in [-0.4, -0.2) is 19.6 Å². The van der Waals surface area contributed by atoms with Gasteiger partial charge >= 0.3 is 0 Å². The fourth-order valence-corrected chi connectivity index (χ4v) is 2.15. The van der Waals surface area contributed by atoms with Crippen LogP contribution in [-0.2, 0) is 9.53 Å². The molecule has 0 rings (SSSR count). The zero-order valence-electron chi connectivity index (χ0n) is 11.9. The molecule has 0 aromatic heterocycles. The van der Waals surface area contributed by atoms with Crippen LogP contribution >= 0.6 is 0 Å². The molecule has 0 amide bonds. The Morgan fingerprint density at radius 2 is 1.06 bits per heavy atom. The summed E-state index contributed by atoms with van der Waals surface area (Å²) < 4.78 is 4.65. The van der Waals surface area contributed by atoms with E-state index in [1.165, 1.54) is 70.6 Å². The lowest BCUT2D eigenvalue weighted by atomic mass is 10.1. The highest BCUT2D eigenvalue weighted by atomic mass is 16.5. The molecule has 0 aliphatic heterocycles. The minimum absolute atomic E-state index is 0.535. The van der Waals surface area contributed by atoms with Gasteiger partial charge in [-0.15, -0.1) is 0 Å². The van der Waals surface area contributed by atoms with Crippen LogP contribution in [0, 0.1) is 0 Å². The summed E-state index contributed by atoms with van der Waals surface area (Å²) in [5, 5.41) is 0. The van der Waals surface area contributed by atoms with E-state index in [9.17, 15) is 4.79 Å². The Morgan fingerprint density at radius 1 is 0.667 bits per heavy atom. The summed E-state index contributed by atoms with van der Waals surface area (Å²) in [6, 6.07) is 0. The number of hydrogen-bond donors (Lipinski definition) is 1. The van der Waals surface area contributed by atoms with Crippen LogP contribution in [0.1, 0.15) is 77.0 Å². The molecule has 0 saturated carbocycles. The molecule has 0 saturated heterocycles. The van der Waals surface area contributed by atoms with E-state index in [1.54, 1.807) is 0 Å². The van der Waals surface area contributed by atoms with Gasteiger partial charge in [0.1, 0.15) is 0 Å². The van der Waals surface area contributed by atoms with Gasteiger partial charge in [0.05, 0.1) is 6.61 Å². The normalized spacial score (nSPS) is 10.5. The predicted octanol–water partition coefficient (Wildman–Crippen LogP) is 3.80. The second-order valence-corrected chi connectivity index (χ2v) is 5.00. The average molecular weight is 257 g/mol. The summed E-state index contributed by atoms with van der Waals surface area (Å²) in [6.07, 6.45) is 15.5. The SMILES string of the molecule is NCCCCCCCCCCCCCCOC=O. The second-order valence-electron chi connectivity index (χ2n) is 5.00. The van der Waals surface area contributed by atoms with Gasteiger partial charge in [0.2, 0.25) is 0 Å². The summed E-state index contributed by atoms with van der Waals surface area (Å²) in [5.41, 5.74) is 5.45. The van der Waals surface area contributed by atoms with Crippen molar-refractivity contribution in [3.05, 3.63) is 0 Å². The first-order valence-electron chi connectivity index (χ1n) is 7.67. The van der Waals surface area contributed by atoms with E-state index in [4.69, 9.17) is 5.73 Å². The van der Waals surface area contributed by atoms with Crippen LogP contribution < -0.4 is 5.73 Å². The highest BCUT2D eigenvalue weighted by Gasteiger charge is 1.93. The second kappa shape index (κ2) is 16.4. The number of rotatable bonds is 15. The molecule has 0 atom stereocenters. The number of ether oxygens (including phenoxy) is 1. The van der Waals surface area contributed by atoms with Crippen molar-refractivity contribution in [1.82, 2.24) is 0 Å². The number of hydrogen-bond acceptors (Lipinski definition) is 3. The zero-order chi connectivity index (χ0) is 13.3. The summed E-state index contributed by atoms with van der Waals surface area (Å²) in [6.45, 7) is 1.97. The Morgan fingerprint density at radius 3 is 1.44 bits per heavy atom. The van der Waals surface area contributed by atoms with Gasteiger partial charge in [0, 0.05) is 0 Å². The van der Waals surface area contributed by atoms with E-state index >= 15 is 0 Å². The van der Waals surface area contributed by atoms with Crippen molar-refractivity contribution in [1.29, 1.82) is 0 Å². The molecule has 0 aromatic rings. The molecular weight excluding hydrogens is 226 g/mol. The molecule has 0 fully saturated rings. The Kier molecular flexibility index (Phi) is 15.9. The molecule has 0 heterocycles. The first kappa shape index (κ1) is 17.4. The molecule has 0 aromatic carbocycles. The minimum Gasteiger partial charge on any atom is -0.468 e. The lowest BCUT2D eigenvalue weighted by Crippen LogP contribution is -1.97. The van der Waals surface area contributed by atoms with Crippen molar-refractivity contribution in [2.75, 3.05) is 13.2 Å². The van der Waals surface area contributed by atoms with E-state index in [0.717, 1.165) is 13.0 Å². The Labute approximate surface area is 112 Å². The predicted molar refractivity (Wildman–Crippen MR) is 76.5 cm³/mol. The monoisotopic (exact) mass is 257 g/mol. The first-order chi connectivity index (χ1) is 8.91.